The van der Waals surface area contributed by atoms with Crippen LogP contribution in [0.4, 0.5) is 0 Å². The van der Waals surface area contributed by atoms with Gasteiger partial charge in [-0.15, -0.1) is 0 Å². The van der Waals surface area contributed by atoms with Crippen LogP contribution in [-0.4, -0.2) is 76.9 Å². The molecule has 0 aromatic heterocycles. The van der Waals surface area contributed by atoms with E-state index in [0.29, 0.717) is 25.9 Å². The molecule has 0 spiro atoms. The molecule has 2 aliphatic rings. The van der Waals surface area contributed by atoms with Crippen LogP contribution in [0, 0.1) is 0 Å². The molecule has 2 heterocycles. The van der Waals surface area contributed by atoms with E-state index < -0.39 is 0 Å². The molecule has 2 rings (SSSR count). The molecule has 2 fully saturated rings. The quantitative estimate of drug-likeness (QED) is 0.674. The van der Waals surface area contributed by atoms with Crippen LogP contribution in [0.25, 0.3) is 0 Å². The molecule has 0 saturated carbocycles. The first-order valence-corrected chi connectivity index (χ1v) is 6.90. The van der Waals surface area contributed by atoms with Gasteiger partial charge in [0.05, 0.1) is 32.5 Å². The van der Waals surface area contributed by atoms with Gasteiger partial charge in [0.25, 0.3) is 0 Å². The maximum atomic E-state index is 5.80. The summed E-state index contributed by atoms with van der Waals surface area (Å²) in [6.45, 7) is 6.54. The highest BCUT2D eigenvalue weighted by Crippen LogP contribution is 2.17. The second-order valence-electron chi connectivity index (χ2n) is 4.90. The van der Waals surface area contributed by atoms with Crippen LogP contribution in [0.15, 0.2) is 0 Å². The third kappa shape index (κ3) is 4.48. The summed E-state index contributed by atoms with van der Waals surface area (Å²) in [6.07, 6.45) is 2.43. The van der Waals surface area contributed by atoms with E-state index in [0.717, 1.165) is 45.8 Å². The van der Waals surface area contributed by atoms with Crippen molar-refractivity contribution in [1.82, 2.24) is 4.90 Å². The monoisotopic (exact) mass is 259 g/mol. The first kappa shape index (κ1) is 14.2. The molecular formula is C13H25NO4. The van der Waals surface area contributed by atoms with Gasteiger partial charge < -0.3 is 18.9 Å². The van der Waals surface area contributed by atoms with Crippen molar-refractivity contribution in [3.8, 4) is 0 Å². The fourth-order valence-electron chi connectivity index (χ4n) is 2.58. The molecule has 0 amide bonds. The van der Waals surface area contributed by atoms with E-state index in [4.69, 9.17) is 18.9 Å². The van der Waals surface area contributed by atoms with Crippen LogP contribution in [0.3, 0.4) is 0 Å². The van der Waals surface area contributed by atoms with Crippen LogP contribution in [0.2, 0.25) is 0 Å². The molecule has 0 aromatic carbocycles. The minimum absolute atomic E-state index is 0.172. The van der Waals surface area contributed by atoms with Crippen molar-refractivity contribution >= 4 is 0 Å². The molecule has 0 aromatic rings. The predicted octanol–water partition coefficient (Wildman–Crippen LogP) is 0.529. The summed E-state index contributed by atoms with van der Waals surface area (Å²) in [4.78, 5) is 2.51. The van der Waals surface area contributed by atoms with Crippen molar-refractivity contribution in [2.24, 2.45) is 0 Å². The number of rotatable bonds is 5. The summed E-state index contributed by atoms with van der Waals surface area (Å²) in [6, 6.07) is 0.633. The van der Waals surface area contributed by atoms with Crippen molar-refractivity contribution in [1.29, 1.82) is 0 Å². The van der Waals surface area contributed by atoms with Crippen molar-refractivity contribution in [2.75, 3.05) is 59.8 Å². The Kier molecular flexibility index (Phi) is 6.37. The fourth-order valence-corrected chi connectivity index (χ4v) is 2.58. The van der Waals surface area contributed by atoms with Crippen LogP contribution in [-0.2, 0) is 18.9 Å². The second kappa shape index (κ2) is 8.07. The van der Waals surface area contributed by atoms with Gasteiger partial charge in [0.15, 0.2) is 0 Å². The van der Waals surface area contributed by atoms with E-state index in [1.807, 2.05) is 0 Å². The smallest absolute Gasteiger partial charge is 0.0936 e. The Labute approximate surface area is 109 Å². The fraction of sp³-hybridized carbons (Fsp3) is 1.00. The second-order valence-corrected chi connectivity index (χ2v) is 4.90. The average Bonchev–Trinajstić information content (AvgIpc) is 2.66. The first-order valence-electron chi connectivity index (χ1n) is 6.90. The molecule has 0 N–H and O–H groups in total. The molecule has 18 heavy (non-hydrogen) atoms. The van der Waals surface area contributed by atoms with Gasteiger partial charge in [-0.25, -0.2) is 0 Å². The minimum atomic E-state index is 0.172. The summed E-state index contributed by atoms with van der Waals surface area (Å²) in [5, 5.41) is 0. The molecule has 1 atom stereocenters. The first-order chi connectivity index (χ1) is 8.90. The van der Waals surface area contributed by atoms with Crippen LogP contribution >= 0.6 is 0 Å². The van der Waals surface area contributed by atoms with E-state index in [1.54, 1.807) is 7.11 Å². The molecule has 2 saturated heterocycles. The lowest BCUT2D eigenvalue weighted by Crippen LogP contribution is -2.44. The molecule has 106 valence electrons. The molecule has 5 nitrogen and oxygen atoms in total. The summed E-state index contributed by atoms with van der Waals surface area (Å²) in [7, 11) is 1.70. The van der Waals surface area contributed by atoms with Crippen molar-refractivity contribution in [3.05, 3.63) is 0 Å². The van der Waals surface area contributed by atoms with Gasteiger partial charge in [0, 0.05) is 39.5 Å². The maximum Gasteiger partial charge on any atom is 0.0936 e. The van der Waals surface area contributed by atoms with Gasteiger partial charge in [0.2, 0.25) is 0 Å². The molecular weight excluding hydrogens is 234 g/mol. The zero-order valence-corrected chi connectivity index (χ0v) is 11.3. The lowest BCUT2D eigenvalue weighted by Gasteiger charge is -2.34. The van der Waals surface area contributed by atoms with E-state index in [9.17, 15) is 0 Å². The Bertz CT molecular complexity index is 221. The third-order valence-corrected chi connectivity index (χ3v) is 3.61. The highest BCUT2D eigenvalue weighted by molar-refractivity contribution is 4.79. The van der Waals surface area contributed by atoms with E-state index in [2.05, 4.69) is 4.90 Å². The van der Waals surface area contributed by atoms with Gasteiger partial charge in [-0.05, 0) is 12.8 Å². The topological polar surface area (TPSA) is 40.2 Å². The minimum Gasteiger partial charge on any atom is -0.382 e. The van der Waals surface area contributed by atoms with Crippen molar-refractivity contribution < 1.29 is 18.9 Å². The number of nitrogens with zero attached hydrogens (tertiary/aromatic N) is 1. The highest BCUT2D eigenvalue weighted by Gasteiger charge is 2.26. The Hall–Kier alpha value is -0.200. The van der Waals surface area contributed by atoms with Gasteiger partial charge in [-0.1, -0.05) is 0 Å². The normalized spacial score (nSPS) is 28.2. The number of methoxy groups -OCH3 is 1. The Morgan fingerprint density at radius 1 is 1.11 bits per heavy atom. The Morgan fingerprint density at radius 2 is 1.94 bits per heavy atom. The Balaban J connectivity index is 1.78. The number of hydrogen-bond acceptors (Lipinski definition) is 5. The zero-order valence-electron chi connectivity index (χ0n) is 11.3. The van der Waals surface area contributed by atoms with Gasteiger partial charge >= 0.3 is 0 Å². The SMILES string of the molecule is COCCOC1COCCN(C2CCOCC2)C1. The maximum absolute atomic E-state index is 5.80. The van der Waals surface area contributed by atoms with E-state index >= 15 is 0 Å². The van der Waals surface area contributed by atoms with Crippen LogP contribution in [0.5, 0.6) is 0 Å². The van der Waals surface area contributed by atoms with Gasteiger partial charge in [-0.3, -0.25) is 4.90 Å². The molecule has 0 bridgehead atoms. The van der Waals surface area contributed by atoms with E-state index in [-0.39, 0.29) is 6.10 Å². The van der Waals surface area contributed by atoms with Crippen LogP contribution < -0.4 is 0 Å². The molecule has 0 radical (unpaired) electrons. The molecule has 2 aliphatic heterocycles. The number of ether oxygens (including phenoxy) is 4. The van der Waals surface area contributed by atoms with E-state index in [1.165, 1.54) is 0 Å². The van der Waals surface area contributed by atoms with Crippen molar-refractivity contribution in [3.63, 3.8) is 0 Å². The standard InChI is InChI=1S/C13H25NO4/c1-15-8-9-18-13-10-14(4-7-17-11-13)12-2-5-16-6-3-12/h12-13H,2-11H2,1H3. The third-order valence-electron chi connectivity index (χ3n) is 3.61. The summed E-state index contributed by atoms with van der Waals surface area (Å²) < 4.78 is 21.9. The van der Waals surface area contributed by atoms with Gasteiger partial charge in [0.1, 0.15) is 0 Å². The highest BCUT2D eigenvalue weighted by atomic mass is 16.5. The zero-order chi connectivity index (χ0) is 12.6. The summed E-state index contributed by atoms with van der Waals surface area (Å²) >= 11 is 0. The average molecular weight is 259 g/mol. The largest absolute Gasteiger partial charge is 0.382 e. The molecule has 0 aliphatic carbocycles. The predicted molar refractivity (Wildman–Crippen MR) is 67.8 cm³/mol. The summed E-state index contributed by atoms with van der Waals surface area (Å²) in [5.41, 5.74) is 0. The molecule has 1 unspecified atom stereocenters. The summed E-state index contributed by atoms with van der Waals surface area (Å²) in [5.74, 6) is 0. The Morgan fingerprint density at radius 3 is 2.72 bits per heavy atom. The van der Waals surface area contributed by atoms with Crippen LogP contribution in [0.1, 0.15) is 12.8 Å². The molecule has 5 heteroatoms. The lowest BCUT2D eigenvalue weighted by atomic mass is 10.1. The van der Waals surface area contributed by atoms with Gasteiger partial charge in [-0.2, -0.15) is 0 Å². The lowest BCUT2D eigenvalue weighted by molar-refractivity contribution is -0.0322. The van der Waals surface area contributed by atoms with Crippen molar-refractivity contribution in [2.45, 2.75) is 25.0 Å². The number of hydrogen-bond donors (Lipinski definition) is 0.